The van der Waals surface area contributed by atoms with Crippen LogP contribution in [0.4, 0.5) is 5.82 Å². The van der Waals surface area contributed by atoms with Crippen LogP contribution in [0.5, 0.6) is 0 Å². The molecule has 24 heavy (non-hydrogen) atoms. The first kappa shape index (κ1) is 15.7. The summed E-state index contributed by atoms with van der Waals surface area (Å²) < 4.78 is 11.6. The summed E-state index contributed by atoms with van der Waals surface area (Å²) in [6.07, 6.45) is 3.75. The number of methoxy groups -OCH3 is 1. The summed E-state index contributed by atoms with van der Waals surface area (Å²) in [6, 6.07) is 8.26. The highest BCUT2D eigenvalue weighted by Crippen LogP contribution is 2.31. The average Bonchev–Trinajstić information content (AvgIpc) is 2.62. The van der Waals surface area contributed by atoms with Gasteiger partial charge in [0.05, 0.1) is 30.9 Å². The molecule has 0 amide bonds. The Labute approximate surface area is 142 Å². The number of rotatable bonds is 3. The molecule has 2 aliphatic rings. The molecule has 0 spiro atoms. The van der Waals surface area contributed by atoms with Gasteiger partial charge >= 0.3 is 0 Å². The molecule has 1 saturated heterocycles. The van der Waals surface area contributed by atoms with Crippen molar-refractivity contribution in [1.29, 1.82) is 0 Å². The van der Waals surface area contributed by atoms with Gasteiger partial charge in [0.2, 0.25) is 0 Å². The Morgan fingerprint density at radius 3 is 3.04 bits per heavy atom. The largest absolute Gasteiger partial charge is 0.383 e. The lowest BCUT2D eigenvalue weighted by atomic mass is 9.88. The highest BCUT2D eigenvalue weighted by molar-refractivity contribution is 5.87. The second-order valence-corrected chi connectivity index (χ2v) is 6.66. The molecule has 6 nitrogen and oxygen atoms in total. The Morgan fingerprint density at radius 2 is 2.17 bits per heavy atom. The molecule has 1 aliphatic heterocycles. The van der Waals surface area contributed by atoms with Crippen molar-refractivity contribution in [3.05, 3.63) is 30.1 Å². The third-order valence-corrected chi connectivity index (χ3v) is 5.24. The maximum Gasteiger partial charge on any atom is 0.145 e. The molecule has 0 unspecified atom stereocenters. The number of ether oxygens (including phenoxy) is 2. The second kappa shape index (κ2) is 6.63. The highest BCUT2D eigenvalue weighted by Gasteiger charge is 2.38. The molecule has 6 heteroatoms. The van der Waals surface area contributed by atoms with Gasteiger partial charge in [0.1, 0.15) is 11.6 Å². The number of benzene rings is 1. The summed E-state index contributed by atoms with van der Waals surface area (Å²) in [5, 5.41) is 0.915. The summed E-state index contributed by atoms with van der Waals surface area (Å²) in [5.41, 5.74) is 7.03. The van der Waals surface area contributed by atoms with Crippen LogP contribution < -0.4 is 5.73 Å². The van der Waals surface area contributed by atoms with E-state index in [2.05, 4.69) is 9.88 Å². The topological polar surface area (TPSA) is 73.5 Å². The van der Waals surface area contributed by atoms with Crippen LogP contribution in [-0.2, 0) is 16.0 Å². The average molecular weight is 328 g/mol. The first-order valence-corrected chi connectivity index (χ1v) is 8.64. The number of para-hydroxylation sites is 1. The monoisotopic (exact) mass is 328 g/mol. The normalized spacial score (nSPS) is 28.0. The number of nitrogen functional groups attached to an aromatic ring is 1. The van der Waals surface area contributed by atoms with E-state index < -0.39 is 0 Å². The molecule has 2 fully saturated rings. The number of morpholine rings is 1. The Hall–Kier alpha value is -1.76. The van der Waals surface area contributed by atoms with Crippen molar-refractivity contribution >= 4 is 16.7 Å². The van der Waals surface area contributed by atoms with Crippen LogP contribution >= 0.6 is 0 Å². The van der Waals surface area contributed by atoms with E-state index in [1.54, 1.807) is 7.11 Å². The lowest BCUT2D eigenvalue weighted by Gasteiger charge is -2.45. The maximum absolute atomic E-state index is 6.12. The highest BCUT2D eigenvalue weighted by atomic mass is 16.5. The SMILES string of the molecule is CO[C@@H]1CC[C@@H]2OCCN(Cc3nc(N)c4ccccc4n3)[C@H]2C1. The molecule has 2 heterocycles. The second-order valence-electron chi connectivity index (χ2n) is 6.66. The standard InChI is InChI=1S/C18H24N4O2/c1-23-12-6-7-16-15(10-12)22(8-9-24-16)11-17-20-14-5-3-2-4-13(14)18(19)21-17/h2-5,12,15-16H,6-11H2,1H3,(H2,19,20,21)/t12-,15+,16+/m1/s1. The van der Waals surface area contributed by atoms with Crippen molar-refractivity contribution in [2.24, 2.45) is 0 Å². The number of anilines is 1. The Morgan fingerprint density at radius 1 is 1.29 bits per heavy atom. The van der Waals surface area contributed by atoms with E-state index in [0.29, 0.717) is 30.6 Å². The summed E-state index contributed by atoms with van der Waals surface area (Å²) in [4.78, 5) is 11.7. The predicted octanol–water partition coefficient (Wildman–Crippen LogP) is 1.98. The number of hydrogen-bond acceptors (Lipinski definition) is 6. The van der Waals surface area contributed by atoms with Crippen molar-refractivity contribution in [2.45, 2.75) is 44.1 Å². The van der Waals surface area contributed by atoms with Gasteiger partial charge in [0.25, 0.3) is 0 Å². The first-order chi connectivity index (χ1) is 11.7. The van der Waals surface area contributed by atoms with Crippen LogP contribution in [0.25, 0.3) is 10.9 Å². The molecule has 0 bridgehead atoms. The molecule has 1 aromatic carbocycles. The first-order valence-electron chi connectivity index (χ1n) is 8.64. The third-order valence-electron chi connectivity index (χ3n) is 5.24. The molecule has 1 aromatic heterocycles. The van der Waals surface area contributed by atoms with Gasteiger partial charge in [-0.3, -0.25) is 4.90 Å². The van der Waals surface area contributed by atoms with Crippen LogP contribution in [0.3, 0.4) is 0 Å². The van der Waals surface area contributed by atoms with Crippen LogP contribution in [0.2, 0.25) is 0 Å². The summed E-state index contributed by atoms with van der Waals surface area (Å²) in [5.74, 6) is 1.34. The molecule has 0 radical (unpaired) electrons. The van der Waals surface area contributed by atoms with Crippen LogP contribution in [0.1, 0.15) is 25.1 Å². The van der Waals surface area contributed by atoms with Crippen molar-refractivity contribution in [3.63, 3.8) is 0 Å². The van der Waals surface area contributed by atoms with Gasteiger partial charge in [-0.05, 0) is 31.4 Å². The summed E-state index contributed by atoms with van der Waals surface area (Å²) in [6.45, 7) is 2.37. The molecule has 3 atom stereocenters. The smallest absolute Gasteiger partial charge is 0.145 e. The maximum atomic E-state index is 6.12. The van der Waals surface area contributed by atoms with E-state index in [1.165, 1.54) is 0 Å². The van der Waals surface area contributed by atoms with Gasteiger partial charge < -0.3 is 15.2 Å². The Kier molecular flexibility index (Phi) is 4.35. The van der Waals surface area contributed by atoms with Gasteiger partial charge in [0.15, 0.2) is 0 Å². The molecule has 4 rings (SSSR count). The minimum absolute atomic E-state index is 0.294. The zero-order chi connectivity index (χ0) is 16.5. The zero-order valence-corrected chi connectivity index (χ0v) is 14.0. The van der Waals surface area contributed by atoms with Crippen LogP contribution in [-0.4, -0.2) is 53.4 Å². The van der Waals surface area contributed by atoms with E-state index in [9.17, 15) is 0 Å². The Balaban J connectivity index is 1.57. The number of nitrogens with two attached hydrogens (primary N) is 1. The fraction of sp³-hybridized carbons (Fsp3) is 0.556. The van der Waals surface area contributed by atoms with Crippen LogP contribution in [0.15, 0.2) is 24.3 Å². The summed E-state index contributed by atoms with van der Waals surface area (Å²) in [7, 11) is 1.80. The fourth-order valence-corrected chi connectivity index (χ4v) is 3.96. The third kappa shape index (κ3) is 2.97. The lowest BCUT2D eigenvalue weighted by molar-refractivity contribution is -0.116. The van der Waals surface area contributed by atoms with E-state index in [-0.39, 0.29) is 0 Å². The predicted molar refractivity (Wildman–Crippen MR) is 92.5 cm³/mol. The van der Waals surface area contributed by atoms with Crippen LogP contribution in [0, 0.1) is 0 Å². The molecular weight excluding hydrogens is 304 g/mol. The quantitative estimate of drug-likeness (QED) is 0.929. The molecule has 2 aromatic rings. The molecule has 1 saturated carbocycles. The van der Waals surface area contributed by atoms with Crippen molar-refractivity contribution in [2.75, 3.05) is 26.0 Å². The van der Waals surface area contributed by atoms with E-state index in [0.717, 1.165) is 49.1 Å². The van der Waals surface area contributed by atoms with E-state index >= 15 is 0 Å². The molecule has 1 aliphatic carbocycles. The minimum atomic E-state index is 0.294. The minimum Gasteiger partial charge on any atom is -0.383 e. The number of nitrogens with zero attached hydrogens (tertiary/aromatic N) is 3. The van der Waals surface area contributed by atoms with E-state index in [4.69, 9.17) is 20.2 Å². The van der Waals surface area contributed by atoms with Crippen molar-refractivity contribution in [1.82, 2.24) is 14.9 Å². The van der Waals surface area contributed by atoms with Crippen molar-refractivity contribution < 1.29 is 9.47 Å². The van der Waals surface area contributed by atoms with Crippen molar-refractivity contribution in [3.8, 4) is 0 Å². The summed E-state index contributed by atoms with van der Waals surface area (Å²) >= 11 is 0. The van der Waals surface area contributed by atoms with Gasteiger partial charge in [-0.2, -0.15) is 0 Å². The fourth-order valence-electron chi connectivity index (χ4n) is 3.96. The van der Waals surface area contributed by atoms with E-state index in [1.807, 2.05) is 24.3 Å². The lowest BCUT2D eigenvalue weighted by Crippen LogP contribution is -2.54. The van der Waals surface area contributed by atoms with Gasteiger partial charge in [0, 0.05) is 25.1 Å². The molecule has 128 valence electrons. The number of fused-ring (bicyclic) bond motifs is 2. The van der Waals surface area contributed by atoms with Gasteiger partial charge in [-0.1, -0.05) is 12.1 Å². The Bertz CT molecular complexity index is 723. The molecule has 2 N–H and O–H groups in total. The molecular formula is C18H24N4O2. The van der Waals surface area contributed by atoms with Gasteiger partial charge in [-0.25, -0.2) is 9.97 Å². The number of hydrogen-bond donors (Lipinski definition) is 1. The number of aromatic nitrogens is 2. The van der Waals surface area contributed by atoms with Gasteiger partial charge in [-0.15, -0.1) is 0 Å². The zero-order valence-electron chi connectivity index (χ0n) is 14.0.